The van der Waals surface area contributed by atoms with Crippen LogP contribution in [0.3, 0.4) is 0 Å². The normalized spacial score (nSPS) is 16.0. The predicted octanol–water partition coefficient (Wildman–Crippen LogP) is 3.05. The molecule has 0 bridgehead atoms. The Bertz CT molecular complexity index is 660. The Morgan fingerprint density at radius 3 is 3.08 bits per heavy atom. The van der Waals surface area contributed by atoms with Gasteiger partial charge in [0.2, 0.25) is 11.8 Å². The van der Waals surface area contributed by atoms with Gasteiger partial charge in [-0.1, -0.05) is 29.2 Å². The number of thioether (sulfide) groups is 1. The van der Waals surface area contributed by atoms with E-state index in [-0.39, 0.29) is 17.3 Å². The van der Waals surface area contributed by atoms with Crippen molar-refractivity contribution in [1.29, 1.82) is 0 Å². The zero-order valence-electron chi connectivity index (χ0n) is 13.5. The molecule has 0 unspecified atom stereocenters. The summed E-state index contributed by atoms with van der Waals surface area (Å²) in [5, 5.41) is 10.5. The highest BCUT2D eigenvalue weighted by molar-refractivity contribution is 8.02. The van der Waals surface area contributed by atoms with Crippen molar-refractivity contribution in [2.45, 2.75) is 54.8 Å². The predicted molar refractivity (Wildman–Crippen MR) is 94.2 cm³/mol. The molecule has 0 saturated heterocycles. The number of carbonyl (C=O) groups excluding carboxylic acids is 1. The van der Waals surface area contributed by atoms with Gasteiger partial charge >= 0.3 is 0 Å². The molecule has 2 heterocycles. The third kappa shape index (κ3) is 4.67. The molecule has 1 aliphatic rings. The minimum Gasteiger partial charge on any atom is -0.474 e. The second kappa shape index (κ2) is 8.43. The quantitative estimate of drug-likeness (QED) is 0.761. The molecule has 1 aliphatic carbocycles. The number of ether oxygens (including phenoxy) is 1. The molecule has 6 nitrogen and oxygen atoms in total. The molecule has 24 heavy (non-hydrogen) atoms. The Balaban J connectivity index is 1.54. The average Bonchev–Trinajstić information content (AvgIpc) is 3.27. The van der Waals surface area contributed by atoms with Gasteiger partial charge in [0.05, 0.1) is 5.25 Å². The molecular weight excluding hydrogens is 344 g/mol. The summed E-state index contributed by atoms with van der Waals surface area (Å²) in [6.45, 7) is 2.27. The van der Waals surface area contributed by atoms with E-state index in [1.807, 2.05) is 19.1 Å². The number of aromatic nitrogens is 3. The lowest BCUT2D eigenvalue weighted by molar-refractivity contribution is -0.120. The van der Waals surface area contributed by atoms with Crippen molar-refractivity contribution >= 4 is 29.0 Å². The van der Waals surface area contributed by atoms with Gasteiger partial charge < -0.3 is 10.1 Å². The summed E-state index contributed by atoms with van der Waals surface area (Å²) < 4.78 is 6.80. The van der Waals surface area contributed by atoms with Crippen LogP contribution in [0.1, 0.15) is 38.2 Å². The second-order valence-electron chi connectivity index (χ2n) is 5.67. The van der Waals surface area contributed by atoms with Gasteiger partial charge in [-0.05, 0) is 38.7 Å². The van der Waals surface area contributed by atoms with Crippen LogP contribution in [0.2, 0.25) is 0 Å². The SMILES string of the molecule is C[C@H](Sc1nncs1)C(=O)NCc1cccnc1OC1CCCC1. The van der Waals surface area contributed by atoms with Gasteiger partial charge in [-0.25, -0.2) is 4.98 Å². The van der Waals surface area contributed by atoms with Gasteiger partial charge in [-0.2, -0.15) is 0 Å². The van der Waals surface area contributed by atoms with E-state index >= 15 is 0 Å². The van der Waals surface area contributed by atoms with Crippen LogP contribution in [0.4, 0.5) is 0 Å². The third-order valence-electron chi connectivity index (χ3n) is 3.87. The number of amides is 1. The van der Waals surface area contributed by atoms with E-state index < -0.39 is 0 Å². The summed E-state index contributed by atoms with van der Waals surface area (Å²) in [5.41, 5.74) is 2.57. The number of nitrogens with zero attached hydrogens (tertiary/aromatic N) is 3. The maximum atomic E-state index is 12.3. The standard InChI is InChI=1S/C16H20N4O2S2/c1-11(24-16-20-19-10-23-16)14(21)18-9-12-5-4-8-17-15(12)22-13-6-2-3-7-13/h4-5,8,10-11,13H,2-3,6-7,9H2,1H3,(H,18,21)/t11-/m0/s1. The monoisotopic (exact) mass is 364 g/mol. The van der Waals surface area contributed by atoms with E-state index in [2.05, 4.69) is 20.5 Å². The summed E-state index contributed by atoms with van der Waals surface area (Å²) in [4.78, 5) is 16.6. The number of hydrogen-bond donors (Lipinski definition) is 1. The van der Waals surface area contributed by atoms with E-state index in [1.165, 1.54) is 35.9 Å². The molecule has 1 saturated carbocycles. The van der Waals surface area contributed by atoms with Crippen molar-refractivity contribution in [3.63, 3.8) is 0 Å². The molecule has 2 aromatic heterocycles. The van der Waals surface area contributed by atoms with Crippen LogP contribution < -0.4 is 10.1 Å². The molecule has 1 atom stereocenters. The lowest BCUT2D eigenvalue weighted by atomic mass is 10.2. The van der Waals surface area contributed by atoms with Crippen LogP contribution in [-0.2, 0) is 11.3 Å². The van der Waals surface area contributed by atoms with Crippen molar-refractivity contribution < 1.29 is 9.53 Å². The van der Waals surface area contributed by atoms with E-state index in [4.69, 9.17) is 4.74 Å². The number of carbonyl (C=O) groups is 1. The molecule has 0 aromatic carbocycles. The molecule has 1 N–H and O–H groups in total. The Morgan fingerprint density at radius 2 is 2.33 bits per heavy atom. The number of rotatable bonds is 7. The average molecular weight is 364 g/mol. The Labute approximate surface area is 149 Å². The van der Waals surface area contributed by atoms with Crippen molar-refractivity contribution in [1.82, 2.24) is 20.5 Å². The van der Waals surface area contributed by atoms with Crippen LogP contribution in [0.25, 0.3) is 0 Å². The first-order chi connectivity index (χ1) is 11.7. The molecule has 0 spiro atoms. The largest absolute Gasteiger partial charge is 0.474 e. The third-order valence-corrected chi connectivity index (χ3v) is 5.78. The number of nitrogens with one attached hydrogen (secondary N) is 1. The highest BCUT2D eigenvalue weighted by Crippen LogP contribution is 2.26. The Morgan fingerprint density at radius 1 is 1.50 bits per heavy atom. The molecule has 0 radical (unpaired) electrons. The van der Waals surface area contributed by atoms with Gasteiger partial charge in [0.15, 0.2) is 4.34 Å². The van der Waals surface area contributed by atoms with Crippen LogP contribution in [0.5, 0.6) is 5.88 Å². The summed E-state index contributed by atoms with van der Waals surface area (Å²) in [7, 11) is 0. The van der Waals surface area contributed by atoms with Crippen LogP contribution in [0.15, 0.2) is 28.2 Å². The zero-order chi connectivity index (χ0) is 16.8. The molecule has 128 valence electrons. The lowest BCUT2D eigenvalue weighted by Crippen LogP contribution is -2.30. The first-order valence-electron chi connectivity index (χ1n) is 8.03. The summed E-state index contributed by atoms with van der Waals surface area (Å²) >= 11 is 2.84. The van der Waals surface area contributed by atoms with Gasteiger partial charge in [0, 0.05) is 18.3 Å². The van der Waals surface area contributed by atoms with E-state index in [0.29, 0.717) is 12.4 Å². The molecule has 8 heteroatoms. The van der Waals surface area contributed by atoms with Crippen molar-refractivity contribution in [3.05, 3.63) is 29.4 Å². The van der Waals surface area contributed by atoms with Crippen LogP contribution in [0, 0.1) is 0 Å². The van der Waals surface area contributed by atoms with Crippen LogP contribution in [-0.4, -0.2) is 32.4 Å². The van der Waals surface area contributed by atoms with E-state index in [1.54, 1.807) is 11.7 Å². The fourth-order valence-electron chi connectivity index (χ4n) is 2.57. The van der Waals surface area contributed by atoms with Gasteiger partial charge in [0.1, 0.15) is 11.6 Å². The minimum atomic E-state index is -0.228. The minimum absolute atomic E-state index is 0.0362. The smallest absolute Gasteiger partial charge is 0.233 e. The maximum Gasteiger partial charge on any atom is 0.233 e. The molecule has 1 amide bonds. The van der Waals surface area contributed by atoms with E-state index in [9.17, 15) is 4.79 Å². The van der Waals surface area contributed by atoms with Gasteiger partial charge in [-0.3, -0.25) is 4.79 Å². The maximum absolute atomic E-state index is 12.3. The fraction of sp³-hybridized carbons (Fsp3) is 0.500. The highest BCUT2D eigenvalue weighted by Gasteiger charge is 2.20. The molecular formula is C16H20N4O2S2. The summed E-state index contributed by atoms with van der Waals surface area (Å²) in [6.07, 6.45) is 6.56. The Hall–Kier alpha value is -1.67. The number of hydrogen-bond acceptors (Lipinski definition) is 7. The van der Waals surface area contributed by atoms with Crippen LogP contribution >= 0.6 is 23.1 Å². The van der Waals surface area contributed by atoms with Crippen molar-refractivity contribution in [2.24, 2.45) is 0 Å². The first kappa shape index (κ1) is 17.2. The van der Waals surface area contributed by atoms with Gasteiger partial charge in [-0.15, -0.1) is 10.2 Å². The molecule has 0 aliphatic heterocycles. The zero-order valence-corrected chi connectivity index (χ0v) is 15.1. The Kier molecular flexibility index (Phi) is 6.03. The molecule has 2 aromatic rings. The topological polar surface area (TPSA) is 77.0 Å². The highest BCUT2D eigenvalue weighted by atomic mass is 32.2. The van der Waals surface area contributed by atoms with Gasteiger partial charge in [0.25, 0.3) is 0 Å². The van der Waals surface area contributed by atoms with Crippen molar-refractivity contribution in [3.8, 4) is 5.88 Å². The fourth-order valence-corrected chi connectivity index (χ4v) is 4.22. The first-order valence-corrected chi connectivity index (χ1v) is 9.79. The summed E-state index contributed by atoms with van der Waals surface area (Å²) in [6, 6.07) is 3.81. The molecule has 3 rings (SSSR count). The van der Waals surface area contributed by atoms with E-state index in [0.717, 1.165) is 22.7 Å². The van der Waals surface area contributed by atoms with Crippen molar-refractivity contribution in [2.75, 3.05) is 0 Å². The lowest BCUT2D eigenvalue weighted by Gasteiger charge is -2.16. The summed E-state index contributed by atoms with van der Waals surface area (Å²) in [5.74, 6) is 0.597. The molecule has 1 fully saturated rings. The second-order valence-corrected chi connectivity index (χ2v) is 8.10. The number of pyridine rings is 1.